The molecule has 1 N–H and O–H groups in total. The van der Waals surface area contributed by atoms with Crippen LogP contribution < -0.4 is 15.0 Å². The number of methoxy groups -OCH3 is 1. The second-order valence-corrected chi connectivity index (χ2v) is 6.85. The quantitative estimate of drug-likeness (QED) is 0.541. The molecule has 2 atom stereocenters. The maximum absolute atomic E-state index is 12.2. The van der Waals surface area contributed by atoms with Gasteiger partial charge in [0.25, 0.3) is 0 Å². The molecule has 0 bridgehead atoms. The molecule has 0 saturated carbocycles. The summed E-state index contributed by atoms with van der Waals surface area (Å²) >= 11 is 3.46. The van der Waals surface area contributed by atoms with Crippen molar-refractivity contribution in [2.24, 2.45) is 5.92 Å². The van der Waals surface area contributed by atoms with Gasteiger partial charge in [0, 0.05) is 48.7 Å². The van der Waals surface area contributed by atoms with Crippen molar-refractivity contribution in [3.8, 4) is 5.88 Å². The molecule has 1 aliphatic heterocycles. The monoisotopic (exact) mass is 471 g/mol. The van der Waals surface area contributed by atoms with Gasteiger partial charge in [-0.05, 0) is 41.8 Å². The minimum atomic E-state index is 0. The van der Waals surface area contributed by atoms with Crippen LogP contribution in [0, 0.1) is 12.0 Å². The second kappa shape index (κ2) is 8.98. The summed E-state index contributed by atoms with van der Waals surface area (Å²) in [4.78, 5) is 18.8. The van der Waals surface area contributed by atoms with Crippen molar-refractivity contribution in [3.05, 3.63) is 22.8 Å². The third kappa shape index (κ3) is 5.15. The number of ether oxygens (including phenoxy) is 1. The molecule has 131 valence electrons. The molecule has 0 spiro atoms. The maximum Gasteiger partial charge on any atom is 0.237 e. The second-order valence-electron chi connectivity index (χ2n) is 5.93. The van der Waals surface area contributed by atoms with E-state index in [-0.39, 0.29) is 37.3 Å². The minimum absolute atomic E-state index is 0. The van der Waals surface area contributed by atoms with E-state index in [1.54, 1.807) is 13.3 Å². The molecule has 1 amide bonds. The van der Waals surface area contributed by atoms with Crippen molar-refractivity contribution in [1.82, 2.24) is 10.3 Å². The number of pyridine rings is 1. The molecule has 23 heavy (non-hydrogen) atoms. The zero-order chi connectivity index (χ0) is 16.3. The Morgan fingerprint density at radius 3 is 2.78 bits per heavy atom. The van der Waals surface area contributed by atoms with Crippen LogP contribution in [0.2, 0.25) is 0 Å². The Labute approximate surface area is 159 Å². The summed E-state index contributed by atoms with van der Waals surface area (Å²) in [5.74, 6) is 0.814. The van der Waals surface area contributed by atoms with Gasteiger partial charge < -0.3 is 15.0 Å². The number of hydrogen-bond donors (Lipinski definition) is 1. The Morgan fingerprint density at radius 1 is 1.52 bits per heavy atom. The Morgan fingerprint density at radius 2 is 2.22 bits per heavy atom. The third-order valence-corrected chi connectivity index (χ3v) is 4.36. The van der Waals surface area contributed by atoms with E-state index in [2.05, 4.69) is 38.1 Å². The Balaban J connectivity index is 0.00000264. The Bertz CT molecular complexity index is 542. The molecule has 0 unspecified atom stereocenters. The predicted molar refractivity (Wildman–Crippen MR) is 90.8 cm³/mol. The van der Waals surface area contributed by atoms with Gasteiger partial charge in [0.2, 0.25) is 5.88 Å². The van der Waals surface area contributed by atoms with Crippen LogP contribution >= 0.6 is 15.9 Å². The summed E-state index contributed by atoms with van der Waals surface area (Å²) in [7, 11) is 1.63. The number of piperidine rings is 1. The van der Waals surface area contributed by atoms with E-state index in [9.17, 15) is 4.79 Å². The molecule has 2 heterocycles. The number of hydrogen-bond acceptors (Lipinski definition) is 4. The van der Waals surface area contributed by atoms with E-state index in [1.807, 2.05) is 19.9 Å². The van der Waals surface area contributed by atoms with E-state index in [1.165, 1.54) is 0 Å². The Hall–Kier alpha value is -0.677. The first kappa shape index (κ1) is 20.4. The number of nitrogens with one attached hydrogen (secondary N) is 1. The SMILES string of the molecule is COc1ncc(Br)cc1N1CC[C@H](C(=O)N[C-](C)C)C[C@@H]1C.[Rh]. The summed E-state index contributed by atoms with van der Waals surface area (Å²) in [5, 5.41) is 2.93. The average Bonchev–Trinajstić information content (AvgIpc) is 2.46. The van der Waals surface area contributed by atoms with Gasteiger partial charge in [-0.3, -0.25) is 4.79 Å². The molecular formula is C16H23BrN3O2Rh-. The number of halogens is 1. The first-order valence-corrected chi connectivity index (χ1v) is 8.29. The summed E-state index contributed by atoms with van der Waals surface area (Å²) in [6, 6.07) is 3.22. The molecular weight excluding hydrogens is 449 g/mol. The molecule has 5 nitrogen and oxygen atoms in total. The van der Waals surface area contributed by atoms with Gasteiger partial charge in [0.1, 0.15) is 5.69 Å². The van der Waals surface area contributed by atoms with E-state index < -0.39 is 0 Å². The van der Waals surface area contributed by atoms with Crippen LogP contribution in [0.25, 0.3) is 0 Å². The first-order chi connectivity index (χ1) is 10.4. The molecule has 1 radical (unpaired) electrons. The summed E-state index contributed by atoms with van der Waals surface area (Å²) in [6.07, 6.45) is 3.39. The number of amides is 1. The van der Waals surface area contributed by atoms with E-state index >= 15 is 0 Å². The molecule has 2 rings (SSSR count). The molecule has 1 aliphatic rings. The van der Waals surface area contributed by atoms with Crippen LogP contribution in [0.4, 0.5) is 5.69 Å². The van der Waals surface area contributed by atoms with Crippen LogP contribution in [0.5, 0.6) is 5.88 Å². The molecule has 0 aromatic carbocycles. The summed E-state index contributed by atoms with van der Waals surface area (Å²) < 4.78 is 6.30. The minimum Gasteiger partial charge on any atom is -0.503 e. The van der Waals surface area contributed by atoms with Gasteiger partial charge in [0.05, 0.1) is 7.11 Å². The fourth-order valence-corrected chi connectivity index (χ4v) is 3.21. The molecule has 0 aliphatic carbocycles. The van der Waals surface area contributed by atoms with Crippen LogP contribution in [0.1, 0.15) is 33.6 Å². The molecule has 1 fully saturated rings. The number of rotatable bonds is 4. The molecule has 1 aromatic rings. The molecule has 1 aromatic heterocycles. The fourth-order valence-electron chi connectivity index (χ4n) is 2.90. The van der Waals surface area contributed by atoms with Gasteiger partial charge in [-0.1, -0.05) is 0 Å². The average molecular weight is 472 g/mol. The normalized spacial score (nSPS) is 20.9. The van der Waals surface area contributed by atoms with Gasteiger partial charge in [-0.2, -0.15) is 13.8 Å². The smallest absolute Gasteiger partial charge is 0.237 e. The van der Waals surface area contributed by atoms with Crippen molar-refractivity contribution in [1.29, 1.82) is 0 Å². The topological polar surface area (TPSA) is 54.5 Å². The van der Waals surface area contributed by atoms with Gasteiger partial charge in [-0.25, -0.2) is 11.0 Å². The van der Waals surface area contributed by atoms with Crippen LogP contribution in [-0.4, -0.2) is 30.6 Å². The molecule has 7 heteroatoms. The van der Waals surface area contributed by atoms with Crippen LogP contribution in [-0.2, 0) is 24.3 Å². The number of anilines is 1. The van der Waals surface area contributed by atoms with Crippen molar-refractivity contribution in [2.45, 2.75) is 39.7 Å². The Kier molecular flexibility index (Phi) is 7.95. The summed E-state index contributed by atoms with van der Waals surface area (Å²) in [6.45, 7) is 6.78. The van der Waals surface area contributed by atoms with E-state index in [0.29, 0.717) is 5.88 Å². The fraction of sp³-hybridized carbons (Fsp3) is 0.562. The van der Waals surface area contributed by atoms with Crippen molar-refractivity contribution < 1.29 is 29.0 Å². The molecule has 1 saturated heterocycles. The van der Waals surface area contributed by atoms with E-state index in [4.69, 9.17) is 4.74 Å². The van der Waals surface area contributed by atoms with Gasteiger partial charge in [0.15, 0.2) is 5.91 Å². The largest absolute Gasteiger partial charge is 0.503 e. The van der Waals surface area contributed by atoms with Gasteiger partial charge >= 0.3 is 0 Å². The van der Waals surface area contributed by atoms with Crippen LogP contribution in [0.15, 0.2) is 16.7 Å². The number of carbonyl (C=O) groups is 1. The number of aromatic nitrogens is 1. The van der Waals surface area contributed by atoms with E-state index in [0.717, 1.165) is 35.6 Å². The summed E-state index contributed by atoms with van der Waals surface area (Å²) in [5.41, 5.74) is 0.974. The van der Waals surface area contributed by atoms with Crippen LogP contribution in [0.3, 0.4) is 0 Å². The maximum atomic E-state index is 12.2. The zero-order valence-corrected chi connectivity index (χ0v) is 17.1. The number of nitrogens with zero attached hydrogens (tertiary/aromatic N) is 2. The zero-order valence-electron chi connectivity index (χ0n) is 13.9. The van der Waals surface area contributed by atoms with Crippen molar-refractivity contribution in [3.63, 3.8) is 0 Å². The van der Waals surface area contributed by atoms with Crippen molar-refractivity contribution in [2.75, 3.05) is 18.6 Å². The van der Waals surface area contributed by atoms with Crippen molar-refractivity contribution >= 4 is 27.5 Å². The van der Waals surface area contributed by atoms with Gasteiger partial charge in [-0.15, -0.1) is 0 Å². The third-order valence-electron chi connectivity index (χ3n) is 3.92. The standard InChI is InChI=1S/C16H23BrN3O2.Rh/c1-10(2)19-15(21)12-5-6-20(11(3)7-12)14-8-13(17)9-18-16(14)22-4;/h8-9,11-12H,5-7H2,1-4H3,(H,19,21);/q-1;/t11-,12-;/m0./s1. The predicted octanol–water partition coefficient (Wildman–Crippen LogP) is 3.14. The first-order valence-electron chi connectivity index (χ1n) is 7.49. The number of carbonyl (C=O) groups excluding carboxylic acids is 1.